The fraction of sp³-hybridized carbons (Fsp3) is 0.688. The molecule has 0 aromatic carbocycles. The summed E-state index contributed by atoms with van der Waals surface area (Å²) >= 11 is 0. The van der Waals surface area contributed by atoms with Crippen molar-refractivity contribution in [3.63, 3.8) is 0 Å². The monoisotopic (exact) mass is 375 g/mol. The number of rotatable bonds is 3. The minimum atomic E-state index is 0. The van der Waals surface area contributed by atoms with Gasteiger partial charge in [0.15, 0.2) is 0 Å². The van der Waals surface area contributed by atoms with Gasteiger partial charge < -0.3 is 15.5 Å². The number of carbonyl (C=O) groups excluding carboxylic acids is 1. The highest BCUT2D eigenvalue weighted by molar-refractivity contribution is 5.85. The Hall–Kier alpha value is -1.11. The summed E-state index contributed by atoms with van der Waals surface area (Å²) in [6, 6.07) is 0.277. The molecule has 2 unspecified atom stereocenters. The Morgan fingerprint density at radius 2 is 2.00 bits per heavy atom. The highest BCUT2D eigenvalue weighted by Gasteiger charge is 2.29. The van der Waals surface area contributed by atoms with E-state index in [1.165, 1.54) is 0 Å². The molecule has 0 radical (unpaired) electrons. The van der Waals surface area contributed by atoms with Gasteiger partial charge in [-0.15, -0.1) is 24.8 Å². The van der Waals surface area contributed by atoms with E-state index < -0.39 is 0 Å². The van der Waals surface area contributed by atoms with Gasteiger partial charge in [0.1, 0.15) is 5.82 Å². The van der Waals surface area contributed by atoms with Gasteiger partial charge in [-0.2, -0.15) is 0 Å². The molecule has 1 aromatic heterocycles. The maximum atomic E-state index is 12.5. The first-order valence-electron chi connectivity index (χ1n) is 8.26. The summed E-state index contributed by atoms with van der Waals surface area (Å²) in [6.07, 6.45) is 8.09. The number of nitrogens with one attached hydrogen (secondary N) is 2. The average molecular weight is 376 g/mol. The van der Waals surface area contributed by atoms with E-state index in [0.29, 0.717) is 5.92 Å². The maximum Gasteiger partial charge on any atom is 0.223 e. The van der Waals surface area contributed by atoms with Crippen LogP contribution in [0.15, 0.2) is 18.6 Å². The minimum Gasteiger partial charge on any atom is -0.355 e. The summed E-state index contributed by atoms with van der Waals surface area (Å²) in [4.78, 5) is 23.1. The van der Waals surface area contributed by atoms with E-state index >= 15 is 0 Å². The second-order valence-electron chi connectivity index (χ2n) is 6.41. The lowest BCUT2D eigenvalue weighted by Gasteiger charge is -2.35. The average Bonchev–Trinajstić information content (AvgIpc) is 2.58. The van der Waals surface area contributed by atoms with E-state index in [4.69, 9.17) is 0 Å². The van der Waals surface area contributed by atoms with Gasteiger partial charge in [0.2, 0.25) is 5.91 Å². The van der Waals surface area contributed by atoms with Gasteiger partial charge in [-0.25, -0.2) is 4.98 Å². The second kappa shape index (κ2) is 10.0. The van der Waals surface area contributed by atoms with Crippen molar-refractivity contribution in [1.29, 1.82) is 0 Å². The smallest absolute Gasteiger partial charge is 0.223 e. The van der Waals surface area contributed by atoms with Gasteiger partial charge in [-0.05, 0) is 31.7 Å². The predicted octanol–water partition coefficient (Wildman–Crippen LogP) is 1.65. The molecule has 2 atom stereocenters. The molecule has 136 valence electrons. The Kier molecular flexibility index (Phi) is 8.73. The largest absolute Gasteiger partial charge is 0.355 e. The molecule has 2 aliphatic heterocycles. The highest BCUT2D eigenvalue weighted by Crippen LogP contribution is 2.22. The Bertz CT molecular complexity index is 497. The van der Waals surface area contributed by atoms with Crippen LogP contribution in [0.5, 0.6) is 0 Å². The molecule has 1 aromatic rings. The van der Waals surface area contributed by atoms with Crippen LogP contribution in [0.2, 0.25) is 0 Å². The first kappa shape index (κ1) is 20.9. The van der Waals surface area contributed by atoms with Gasteiger partial charge >= 0.3 is 0 Å². The number of carbonyl (C=O) groups is 1. The highest BCUT2D eigenvalue weighted by atomic mass is 35.5. The topological polar surface area (TPSA) is 70.2 Å². The van der Waals surface area contributed by atoms with Crippen molar-refractivity contribution in [3.8, 4) is 0 Å². The number of anilines is 1. The van der Waals surface area contributed by atoms with Gasteiger partial charge in [0, 0.05) is 44.0 Å². The van der Waals surface area contributed by atoms with Crippen LogP contribution in [0, 0.1) is 11.8 Å². The lowest BCUT2D eigenvalue weighted by atomic mass is 9.92. The van der Waals surface area contributed by atoms with Crippen molar-refractivity contribution in [1.82, 2.24) is 20.6 Å². The summed E-state index contributed by atoms with van der Waals surface area (Å²) in [5, 5.41) is 6.61. The van der Waals surface area contributed by atoms with E-state index in [9.17, 15) is 4.79 Å². The van der Waals surface area contributed by atoms with Gasteiger partial charge in [0.05, 0.1) is 6.20 Å². The zero-order valence-electron chi connectivity index (χ0n) is 14.0. The van der Waals surface area contributed by atoms with E-state index in [0.717, 1.165) is 51.3 Å². The lowest BCUT2D eigenvalue weighted by Crippen LogP contribution is -2.52. The Labute approximate surface area is 156 Å². The molecule has 2 N–H and O–H groups in total. The van der Waals surface area contributed by atoms with Crippen molar-refractivity contribution < 1.29 is 4.79 Å². The number of halogens is 2. The summed E-state index contributed by atoms with van der Waals surface area (Å²) in [7, 11) is 0. The van der Waals surface area contributed by atoms with E-state index in [1.54, 1.807) is 18.6 Å². The third-order valence-electron chi connectivity index (χ3n) is 4.89. The van der Waals surface area contributed by atoms with Gasteiger partial charge in [0.25, 0.3) is 0 Å². The van der Waals surface area contributed by atoms with Gasteiger partial charge in [-0.3, -0.25) is 9.78 Å². The van der Waals surface area contributed by atoms with Crippen molar-refractivity contribution in [3.05, 3.63) is 18.6 Å². The molecule has 3 rings (SSSR count). The lowest BCUT2D eigenvalue weighted by molar-refractivity contribution is -0.126. The fourth-order valence-electron chi connectivity index (χ4n) is 3.31. The third-order valence-corrected chi connectivity index (χ3v) is 4.89. The fourth-order valence-corrected chi connectivity index (χ4v) is 3.31. The quantitative estimate of drug-likeness (QED) is 0.840. The molecule has 8 heteroatoms. The first-order chi connectivity index (χ1) is 10.7. The van der Waals surface area contributed by atoms with Crippen LogP contribution in [0.1, 0.15) is 26.2 Å². The van der Waals surface area contributed by atoms with E-state index in [1.807, 2.05) is 0 Å². The van der Waals surface area contributed by atoms with Crippen LogP contribution in [0.25, 0.3) is 0 Å². The number of piperidine rings is 2. The Balaban J connectivity index is 0.00000144. The number of nitrogens with zero attached hydrogens (tertiary/aromatic N) is 3. The van der Waals surface area contributed by atoms with Crippen LogP contribution < -0.4 is 15.5 Å². The van der Waals surface area contributed by atoms with Crippen molar-refractivity contribution in [2.75, 3.05) is 31.1 Å². The molecule has 0 aliphatic carbocycles. The summed E-state index contributed by atoms with van der Waals surface area (Å²) < 4.78 is 0. The normalized spacial score (nSPS) is 24.5. The zero-order chi connectivity index (χ0) is 15.4. The predicted molar refractivity (Wildman–Crippen MR) is 100 cm³/mol. The summed E-state index contributed by atoms with van der Waals surface area (Å²) in [6.45, 7) is 5.92. The molecule has 6 nitrogen and oxygen atoms in total. The molecule has 0 saturated carbocycles. The standard InChI is InChI=1S/C16H25N5O.2ClH/c1-12-2-5-17-10-14(12)20-16(22)13-3-8-21(9-4-13)15-11-18-6-7-19-15;;/h6-7,11-14,17H,2-5,8-10H2,1H3,(H,20,22);2*1H. The van der Waals surface area contributed by atoms with Crippen LogP contribution in [-0.4, -0.2) is 48.1 Å². The molecular formula is C16H27Cl2N5O. The van der Waals surface area contributed by atoms with Crippen LogP contribution >= 0.6 is 24.8 Å². The van der Waals surface area contributed by atoms with Gasteiger partial charge in [-0.1, -0.05) is 6.92 Å². The SMILES string of the molecule is CC1CCNCC1NC(=O)C1CCN(c2cnccn2)CC1.Cl.Cl. The number of hydrogen-bond donors (Lipinski definition) is 2. The zero-order valence-corrected chi connectivity index (χ0v) is 15.6. The summed E-state index contributed by atoms with van der Waals surface area (Å²) in [5.41, 5.74) is 0. The van der Waals surface area contributed by atoms with E-state index in [2.05, 4.69) is 32.4 Å². The van der Waals surface area contributed by atoms with Crippen LogP contribution in [0.3, 0.4) is 0 Å². The van der Waals surface area contributed by atoms with Crippen LogP contribution in [-0.2, 0) is 4.79 Å². The Morgan fingerprint density at radius 3 is 2.62 bits per heavy atom. The first-order valence-corrected chi connectivity index (χ1v) is 8.26. The molecule has 24 heavy (non-hydrogen) atoms. The maximum absolute atomic E-state index is 12.5. The third kappa shape index (κ3) is 5.19. The molecule has 1 amide bonds. The number of hydrogen-bond acceptors (Lipinski definition) is 5. The molecule has 0 spiro atoms. The van der Waals surface area contributed by atoms with Crippen molar-refractivity contribution in [2.45, 2.75) is 32.2 Å². The molecule has 2 aliphatic rings. The number of amides is 1. The van der Waals surface area contributed by atoms with Crippen LogP contribution in [0.4, 0.5) is 5.82 Å². The minimum absolute atomic E-state index is 0. The van der Waals surface area contributed by atoms with Crippen molar-refractivity contribution >= 4 is 36.5 Å². The second-order valence-corrected chi connectivity index (χ2v) is 6.41. The van der Waals surface area contributed by atoms with E-state index in [-0.39, 0.29) is 42.7 Å². The summed E-state index contributed by atoms with van der Waals surface area (Å²) in [5.74, 6) is 1.82. The Morgan fingerprint density at radius 1 is 1.25 bits per heavy atom. The molecule has 2 saturated heterocycles. The molecule has 3 heterocycles. The molecule has 0 bridgehead atoms. The number of aromatic nitrogens is 2. The van der Waals surface area contributed by atoms with Crippen molar-refractivity contribution in [2.24, 2.45) is 11.8 Å². The molecule has 2 fully saturated rings. The molecular weight excluding hydrogens is 349 g/mol.